The normalized spacial score (nSPS) is 12.9. The topological polar surface area (TPSA) is 360 Å². The number of aromatic nitrogens is 2. The van der Waals surface area contributed by atoms with Crippen LogP contribution >= 0.6 is 0 Å². The van der Waals surface area contributed by atoms with E-state index in [0.717, 1.165) is 0 Å². The van der Waals surface area contributed by atoms with Crippen molar-refractivity contribution >= 4 is 53.3 Å². The Morgan fingerprint density at radius 1 is 0.792 bits per heavy atom. The fourth-order valence-corrected chi connectivity index (χ4v) is 3.73. The van der Waals surface area contributed by atoms with Gasteiger partial charge in [0.2, 0.25) is 41.4 Å². The highest BCUT2D eigenvalue weighted by Gasteiger charge is 2.25. The summed E-state index contributed by atoms with van der Waals surface area (Å²) < 4.78 is 0. The molecule has 0 unspecified atom stereocenters. The molecule has 1 aromatic rings. The van der Waals surface area contributed by atoms with Crippen LogP contribution in [0.4, 0.5) is 0 Å². The van der Waals surface area contributed by atoms with Crippen LogP contribution in [0.15, 0.2) is 17.5 Å². The first kappa shape index (κ1) is 40.2. The predicted molar refractivity (Wildman–Crippen MR) is 167 cm³/mol. The SMILES string of the molecule is C[C@H](NC(=O)CN)C(=O)NCC(=O)N[C@@H](C)C(=O)NCC(=O)N[C@@H](CCCN=C(N)N)C(=O)NCC(=O)N[C@@H](Cc1cnc[nH]1)C(=O)O. The maximum absolute atomic E-state index is 12.9. The molecule has 0 saturated carbocycles. The van der Waals surface area contributed by atoms with E-state index in [0.29, 0.717) is 5.69 Å². The molecule has 0 aliphatic rings. The summed E-state index contributed by atoms with van der Waals surface area (Å²) in [5.41, 5.74) is 16.2. The van der Waals surface area contributed by atoms with Crippen LogP contribution in [0.5, 0.6) is 0 Å². The Balaban J connectivity index is 2.64. The predicted octanol–water partition coefficient (Wildman–Crippen LogP) is -6.62. The largest absolute Gasteiger partial charge is 0.480 e. The molecule has 1 rings (SSSR count). The third kappa shape index (κ3) is 16.5. The van der Waals surface area contributed by atoms with E-state index in [9.17, 15) is 43.5 Å². The number of imidazole rings is 1. The minimum atomic E-state index is -1.31. The van der Waals surface area contributed by atoms with Crippen LogP contribution in [0.25, 0.3) is 0 Å². The lowest BCUT2D eigenvalue weighted by Gasteiger charge is -2.20. The van der Waals surface area contributed by atoms with Crippen molar-refractivity contribution < 1.29 is 43.5 Å². The molecule has 0 spiro atoms. The maximum atomic E-state index is 12.9. The molecule has 0 fully saturated rings. The minimum absolute atomic E-state index is 0.0220. The van der Waals surface area contributed by atoms with Gasteiger partial charge in [0.15, 0.2) is 5.96 Å². The number of aliphatic imine (C=N–C) groups is 1. The Morgan fingerprint density at radius 2 is 1.29 bits per heavy atom. The number of nitrogens with zero attached hydrogens (tertiary/aromatic N) is 2. The van der Waals surface area contributed by atoms with Crippen LogP contribution in [0, 0.1) is 0 Å². The fourth-order valence-electron chi connectivity index (χ4n) is 3.73. The van der Waals surface area contributed by atoms with E-state index in [4.69, 9.17) is 17.2 Å². The van der Waals surface area contributed by atoms with E-state index in [1.807, 2.05) is 0 Å². The van der Waals surface area contributed by atoms with E-state index in [-0.39, 0.29) is 38.3 Å². The van der Waals surface area contributed by atoms with Crippen LogP contribution in [-0.4, -0.2) is 125 Å². The van der Waals surface area contributed by atoms with Gasteiger partial charge in [-0.25, -0.2) is 9.78 Å². The average molecular weight is 682 g/mol. The molecule has 1 aromatic heterocycles. The first-order valence-corrected chi connectivity index (χ1v) is 14.6. The molecule has 0 bridgehead atoms. The summed E-state index contributed by atoms with van der Waals surface area (Å²) in [6.45, 7) is 0.799. The zero-order chi connectivity index (χ0) is 36.2. The van der Waals surface area contributed by atoms with E-state index in [1.54, 1.807) is 0 Å². The number of hydrogen-bond donors (Lipinski definition) is 12. The molecule has 1 heterocycles. The number of H-pyrrole nitrogens is 1. The quantitative estimate of drug-likeness (QED) is 0.0326. The molecule has 0 saturated heterocycles. The molecule has 266 valence electrons. The molecule has 15 N–H and O–H groups in total. The van der Waals surface area contributed by atoms with Crippen molar-refractivity contribution in [2.24, 2.45) is 22.2 Å². The number of nitrogens with two attached hydrogens (primary N) is 3. The second kappa shape index (κ2) is 21.1. The Labute approximate surface area is 274 Å². The highest BCUT2D eigenvalue weighted by molar-refractivity contribution is 5.95. The monoisotopic (exact) mass is 681 g/mol. The molecule has 22 heteroatoms. The summed E-state index contributed by atoms with van der Waals surface area (Å²) in [6.07, 6.45) is 2.92. The van der Waals surface area contributed by atoms with Crippen molar-refractivity contribution in [3.05, 3.63) is 18.2 Å². The van der Waals surface area contributed by atoms with Crippen LogP contribution < -0.4 is 54.4 Å². The first-order valence-electron chi connectivity index (χ1n) is 14.6. The van der Waals surface area contributed by atoms with Crippen molar-refractivity contribution in [3.63, 3.8) is 0 Å². The lowest BCUT2D eigenvalue weighted by molar-refractivity contribution is -0.141. The van der Waals surface area contributed by atoms with E-state index >= 15 is 0 Å². The number of carbonyl (C=O) groups excluding carboxylic acids is 7. The molecule has 7 amide bonds. The molecule has 48 heavy (non-hydrogen) atoms. The second-order valence-corrected chi connectivity index (χ2v) is 10.2. The van der Waals surface area contributed by atoms with Gasteiger partial charge in [-0.3, -0.25) is 38.6 Å². The number of guanidine groups is 1. The maximum Gasteiger partial charge on any atom is 0.326 e. The Morgan fingerprint density at radius 3 is 1.77 bits per heavy atom. The lowest BCUT2D eigenvalue weighted by Crippen LogP contribution is -2.54. The van der Waals surface area contributed by atoms with E-state index in [2.05, 4.69) is 52.2 Å². The standard InChI is InChI=1S/C26H43N13O9/c1-13(36-18(40)7-27)22(44)32-9-19(41)37-14(2)23(45)33-10-20(42)38-16(4-3-5-31-26(28)29)24(46)34-11-21(43)39-17(25(47)48)6-15-8-30-12-35-15/h8,12-14,16-17H,3-7,9-11,27H2,1-2H3,(H,30,35)(H,32,44)(H,33,45)(H,34,46)(H,36,40)(H,37,41)(H,38,42)(H,39,43)(H,47,48)(H4,28,29,31)/t13-,14-,16-,17-/m0/s1. The summed E-state index contributed by atoms with van der Waals surface area (Å²) in [7, 11) is 0. The van der Waals surface area contributed by atoms with Gasteiger partial charge in [0.05, 0.1) is 32.5 Å². The highest BCUT2D eigenvalue weighted by atomic mass is 16.4. The third-order valence-electron chi connectivity index (χ3n) is 6.21. The van der Waals surface area contributed by atoms with Crippen LogP contribution in [0.3, 0.4) is 0 Å². The molecule has 0 radical (unpaired) electrons. The zero-order valence-electron chi connectivity index (χ0n) is 26.5. The number of hydrogen-bond acceptors (Lipinski definition) is 11. The molecule has 0 aliphatic heterocycles. The number of carbonyl (C=O) groups is 8. The lowest BCUT2D eigenvalue weighted by atomic mass is 10.1. The van der Waals surface area contributed by atoms with Gasteiger partial charge in [-0.1, -0.05) is 0 Å². The molecule has 4 atom stereocenters. The van der Waals surface area contributed by atoms with Crippen molar-refractivity contribution in [2.45, 2.75) is 57.3 Å². The molecule has 0 aromatic carbocycles. The number of carboxylic acids is 1. The molecule has 22 nitrogen and oxygen atoms in total. The van der Waals surface area contributed by atoms with Gasteiger partial charge in [0.25, 0.3) is 0 Å². The molecular formula is C26H43N13O9. The highest BCUT2D eigenvalue weighted by Crippen LogP contribution is 2.01. The molecular weight excluding hydrogens is 638 g/mol. The smallest absolute Gasteiger partial charge is 0.326 e. The second-order valence-electron chi connectivity index (χ2n) is 10.2. The molecule has 0 aliphatic carbocycles. The van der Waals surface area contributed by atoms with Crippen molar-refractivity contribution in [1.82, 2.24) is 47.2 Å². The van der Waals surface area contributed by atoms with Gasteiger partial charge in [-0.2, -0.15) is 0 Å². The number of amides is 7. The minimum Gasteiger partial charge on any atom is -0.480 e. The summed E-state index contributed by atoms with van der Waals surface area (Å²) in [5, 5.41) is 25.7. The van der Waals surface area contributed by atoms with Crippen molar-refractivity contribution in [2.75, 3.05) is 32.7 Å². The first-order chi connectivity index (χ1) is 22.6. The van der Waals surface area contributed by atoms with Gasteiger partial charge in [0.1, 0.15) is 24.2 Å². The summed E-state index contributed by atoms with van der Waals surface area (Å²) in [6, 6.07) is -4.59. The number of rotatable bonds is 21. The van der Waals surface area contributed by atoms with Crippen LogP contribution in [0.1, 0.15) is 32.4 Å². The fraction of sp³-hybridized carbons (Fsp3) is 0.538. The van der Waals surface area contributed by atoms with Crippen LogP contribution in [0.2, 0.25) is 0 Å². The Bertz CT molecular complexity index is 1320. The summed E-state index contributed by atoms with van der Waals surface area (Å²) >= 11 is 0. The average Bonchev–Trinajstić information content (AvgIpc) is 3.55. The van der Waals surface area contributed by atoms with E-state index < -0.39 is 91.1 Å². The van der Waals surface area contributed by atoms with Crippen molar-refractivity contribution in [3.8, 4) is 0 Å². The zero-order valence-corrected chi connectivity index (χ0v) is 26.5. The Hall–Kier alpha value is -5.80. The van der Waals surface area contributed by atoms with Gasteiger partial charge in [0, 0.05) is 24.9 Å². The van der Waals surface area contributed by atoms with E-state index in [1.165, 1.54) is 26.4 Å². The number of aromatic amines is 1. The number of nitrogens with one attached hydrogen (secondary N) is 8. The Kier molecular flexibility index (Phi) is 17.7. The van der Waals surface area contributed by atoms with Gasteiger partial charge in [-0.15, -0.1) is 0 Å². The number of carboxylic acid groups (broad SMARTS) is 1. The van der Waals surface area contributed by atoms with Crippen molar-refractivity contribution in [1.29, 1.82) is 0 Å². The third-order valence-corrected chi connectivity index (χ3v) is 6.21. The van der Waals surface area contributed by atoms with Gasteiger partial charge in [-0.05, 0) is 26.7 Å². The summed E-state index contributed by atoms with van der Waals surface area (Å²) in [5.74, 6) is -6.59. The van der Waals surface area contributed by atoms with Gasteiger partial charge < -0.3 is 64.5 Å². The van der Waals surface area contributed by atoms with Gasteiger partial charge >= 0.3 is 5.97 Å². The number of aliphatic carboxylic acids is 1. The summed E-state index contributed by atoms with van der Waals surface area (Å²) in [4.78, 5) is 108. The van der Waals surface area contributed by atoms with Crippen LogP contribution in [-0.2, 0) is 44.8 Å².